The summed E-state index contributed by atoms with van der Waals surface area (Å²) in [6, 6.07) is 2.57. The molecule has 0 amide bonds. The normalized spacial score (nSPS) is 18.1. The molecule has 1 aliphatic carbocycles. The van der Waals surface area contributed by atoms with Crippen LogP contribution in [0.15, 0.2) is 12.3 Å². The number of aromatic nitrogens is 2. The van der Waals surface area contributed by atoms with E-state index in [1.165, 1.54) is 32.1 Å². The standard InChI is InChI=1S/C16H26N2OS/c1-3-13(2)20-12-16(19)11-14-9-10-18(17-14)15-7-5-4-6-8-15/h9-10,13,15H,3-8,11-12H2,1-2H3. The third-order valence-corrected chi connectivity index (χ3v) is 5.49. The Balaban J connectivity index is 1.81. The maximum atomic E-state index is 11.9. The number of Topliss-reactive ketones (excluding diaryl/α,β-unsaturated/α-hetero) is 1. The molecule has 0 aliphatic heterocycles. The first kappa shape index (κ1) is 15.6. The molecule has 20 heavy (non-hydrogen) atoms. The van der Waals surface area contributed by atoms with Gasteiger partial charge in [-0.2, -0.15) is 16.9 Å². The van der Waals surface area contributed by atoms with E-state index in [1.54, 1.807) is 11.8 Å². The van der Waals surface area contributed by atoms with Crippen LogP contribution in [0.4, 0.5) is 0 Å². The molecule has 0 aromatic carbocycles. The zero-order chi connectivity index (χ0) is 14.4. The smallest absolute Gasteiger partial charge is 0.148 e. The molecule has 1 fully saturated rings. The topological polar surface area (TPSA) is 34.9 Å². The van der Waals surface area contributed by atoms with Crippen LogP contribution in [-0.4, -0.2) is 26.6 Å². The number of nitrogens with zero attached hydrogens (tertiary/aromatic N) is 2. The fourth-order valence-corrected chi connectivity index (χ4v) is 3.43. The van der Waals surface area contributed by atoms with Gasteiger partial charge in [0.2, 0.25) is 0 Å². The van der Waals surface area contributed by atoms with Crippen molar-refractivity contribution in [1.29, 1.82) is 0 Å². The van der Waals surface area contributed by atoms with Crippen LogP contribution in [0.25, 0.3) is 0 Å². The molecule has 3 nitrogen and oxygen atoms in total. The molecule has 1 saturated carbocycles. The second-order valence-corrected chi connectivity index (χ2v) is 7.25. The number of hydrogen-bond donors (Lipinski definition) is 0. The van der Waals surface area contributed by atoms with Gasteiger partial charge in [-0.05, 0) is 25.3 Å². The minimum absolute atomic E-state index is 0.296. The highest BCUT2D eigenvalue weighted by Crippen LogP contribution is 2.27. The Morgan fingerprint density at radius 1 is 1.45 bits per heavy atom. The van der Waals surface area contributed by atoms with Gasteiger partial charge in [0, 0.05) is 11.4 Å². The molecule has 1 aromatic rings. The summed E-state index contributed by atoms with van der Waals surface area (Å²) >= 11 is 1.75. The fourth-order valence-electron chi connectivity index (χ4n) is 2.63. The van der Waals surface area contributed by atoms with Crippen molar-refractivity contribution in [1.82, 2.24) is 9.78 Å². The van der Waals surface area contributed by atoms with Gasteiger partial charge in [-0.15, -0.1) is 0 Å². The Hall–Kier alpha value is -0.770. The second-order valence-electron chi connectivity index (χ2n) is 5.82. The van der Waals surface area contributed by atoms with Crippen LogP contribution < -0.4 is 0 Å². The van der Waals surface area contributed by atoms with Crippen LogP contribution in [0, 0.1) is 0 Å². The fraction of sp³-hybridized carbons (Fsp3) is 0.750. The third kappa shape index (κ3) is 4.65. The number of carbonyl (C=O) groups excluding carboxylic acids is 1. The molecule has 1 aromatic heterocycles. The average molecular weight is 294 g/mol. The second kappa shape index (κ2) is 7.87. The van der Waals surface area contributed by atoms with E-state index in [9.17, 15) is 4.79 Å². The summed E-state index contributed by atoms with van der Waals surface area (Å²) in [7, 11) is 0. The minimum Gasteiger partial charge on any atom is -0.298 e. The summed E-state index contributed by atoms with van der Waals surface area (Å²) in [4.78, 5) is 11.9. The predicted octanol–water partition coefficient (Wildman–Crippen LogP) is 4.03. The van der Waals surface area contributed by atoms with Crippen molar-refractivity contribution in [2.75, 3.05) is 5.75 Å². The summed E-state index contributed by atoms with van der Waals surface area (Å²) in [6.07, 6.45) is 10.1. The van der Waals surface area contributed by atoms with E-state index in [1.807, 2.05) is 6.07 Å². The van der Waals surface area contributed by atoms with Crippen LogP contribution in [-0.2, 0) is 11.2 Å². The first-order valence-corrected chi connectivity index (χ1v) is 8.91. The minimum atomic E-state index is 0.296. The quantitative estimate of drug-likeness (QED) is 0.761. The lowest BCUT2D eigenvalue weighted by atomic mass is 9.96. The monoisotopic (exact) mass is 294 g/mol. The summed E-state index contributed by atoms with van der Waals surface area (Å²) in [5.74, 6) is 0.912. The first-order chi connectivity index (χ1) is 9.69. The molecular formula is C16H26N2OS. The highest BCUT2D eigenvalue weighted by atomic mass is 32.2. The number of thioether (sulfide) groups is 1. The number of hydrogen-bond acceptors (Lipinski definition) is 3. The lowest BCUT2D eigenvalue weighted by Gasteiger charge is -2.21. The molecule has 1 heterocycles. The van der Waals surface area contributed by atoms with Crippen molar-refractivity contribution in [3.63, 3.8) is 0 Å². The third-order valence-electron chi connectivity index (χ3n) is 4.09. The van der Waals surface area contributed by atoms with Crippen LogP contribution in [0.1, 0.15) is 64.1 Å². The van der Waals surface area contributed by atoms with Gasteiger partial charge in [-0.1, -0.05) is 33.1 Å². The van der Waals surface area contributed by atoms with Gasteiger partial charge in [0.15, 0.2) is 0 Å². The maximum absolute atomic E-state index is 11.9. The van der Waals surface area contributed by atoms with Crippen molar-refractivity contribution in [3.8, 4) is 0 Å². The Kier molecular flexibility index (Phi) is 6.14. The Labute approximate surface area is 126 Å². The molecule has 0 saturated heterocycles. The van der Waals surface area contributed by atoms with Crippen molar-refractivity contribution in [3.05, 3.63) is 18.0 Å². The zero-order valence-electron chi connectivity index (χ0n) is 12.7. The van der Waals surface area contributed by atoms with Gasteiger partial charge >= 0.3 is 0 Å². The van der Waals surface area contributed by atoms with E-state index in [0.29, 0.717) is 29.2 Å². The van der Waals surface area contributed by atoms with Crippen molar-refractivity contribution < 1.29 is 4.79 Å². The van der Waals surface area contributed by atoms with Crippen LogP contribution >= 0.6 is 11.8 Å². The lowest BCUT2D eigenvalue weighted by molar-refractivity contribution is -0.116. The molecule has 2 rings (SSSR count). The maximum Gasteiger partial charge on any atom is 0.148 e. The molecular weight excluding hydrogens is 268 g/mol. The summed E-state index contributed by atoms with van der Waals surface area (Å²) in [6.45, 7) is 4.34. The van der Waals surface area contributed by atoms with Gasteiger partial charge in [0.1, 0.15) is 5.78 Å². The molecule has 112 valence electrons. The molecule has 1 aliphatic rings. The highest BCUT2D eigenvalue weighted by Gasteiger charge is 2.16. The summed E-state index contributed by atoms with van der Waals surface area (Å²) in [5.41, 5.74) is 0.935. The molecule has 0 spiro atoms. The van der Waals surface area contributed by atoms with Gasteiger partial charge in [-0.3, -0.25) is 9.48 Å². The molecule has 1 atom stereocenters. The first-order valence-electron chi connectivity index (χ1n) is 7.86. The van der Waals surface area contributed by atoms with Crippen LogP contribution in [0.5, 0.6) is 0 Å². The van der Waals surface area contributed by atoms with Gasteiger partial charge < -0.3 is 0 Å². The molecule has 4 heteroatoms. The van der Waals surface area contributed by atoms with Crippen molar-refractivity contribution in [2.24, 2.45) is 0 Å². The van der Waals surface area contributed by atoms with Crippen molar-refractivity contribution >= 4 is 17.5 Å². The molecule has 1 unspecified atom stereocenters. The zero-order valence-corrected chi connectivity index (χ0v) is 13.5. The van der Waals surface area contributed by atoms with Gasteiger partial charge in [0.05, 0.1) is 23.9 Å². The molecule has 0 radical (unpaired) electrons. The highest BCUT2D eigenvalue weighted by molar-refractivity contribution is 8.00. The largest absolute Gasteiger partial charge is 0.298 e. The molecule has 0 bridgehead atoms. The number of carbonyl (C=O) groups is 1. The Morgan fingerprint density at radius 2 is 2.20 bits per heavy atom. The Bertz CT molecular complexity index is 424. The van der Waals surface area contributed by atoms with Gasteiger partial charge in [-0.25, -0.2) is 0 Å². The lowest BCUT2D eigenvalue weighted by Crippen LogP contribution is -2.14. The van der Waals surface area contributed by atoms with E-state index in [2.05, 4.69) is 29.8 Å². The number of ketones is 1. The SMILES string of the molecule is CCC(C)SCC(=O)Cc1ccn(C2CCCCC2)n1. The summed E-state index contributed by atoms with van der Waals surface area (Å²) < 4.78 is 2.09. The van der Waals surface area contributed by atoms with E-state index in [-0.39, 0.29) is 0 Å². The Morgan fingerprint density at radius 3 is 2.90 bits per heavy atom. The van der Waals surface area contributed by atoms with E-state index < -0.39 is 0 Å². The van der Waals surface area contributed by atoms with E-state index in [0.717, 1.165) is 12.1 Å². The van der Waals surface area contributed by atoms with E-state index in [4.69, 9.17) is 0 Å². The van der Waals surface area contributed by atoms with Gasteiger partial charge in [0.25, 0.3) is 0 Å². The average Bonchev–Trinajstić information content (AvgIpc) is 2.94. The predicted molar refractivity (Wildman–Crippen MR) is 85.3 cm³/mol. The molecule has 0 N–H and O–H groups in total. The van der Waals surface area contributed by atoms with E-state index >= 15 is 0 Å². The van der Waals surface area contributed by atoms with Crippen LogP contribution in [0.3, 0.4) is 0 Å². The number of rotatable bonds is 7. The van der Waals surface area contributed by atoms with Crippen LogP contribution in [0.2, 0.25) is 0 Å². The summed E-state index contributed by atoms with van der Waals surface area (Å²) in [5, 5.41) is 5.18. The van der Waals surface area contributed by atoms with Crippen molar-refractivity contribution in [2.45, 2.75) is 70.1 Å².